The van der Waals surface area contributed by atoms with Crippen molar-refractivity contribution in [3.8, 4) is 0 Å². The molecule has 70 valence electrons. The second-order valence-electron chi connectivity index (χ2n) is 3.32. The first-order valence-electron chi connectivity index (χ1n) is 4.62. The molecule has 13 heavy (non-hydrogen) atoms. The SMILES string of the molecule is CNC/C=C\c1cc(C)ccc1C. The van der Waals surface area contributed by atoms with Gasteiger partial charge in [0.1, 0.15) is 0 Å². The van der Waals surface area contributed by atoms with Crippen LogP contribution in [0.4, 0.5) is 0 Å². The summed E-state index contributed by atoms with van der Waals surface area (Å²) in [6.07, 6.45) is 4.31. The highest BCUT2D eigenvalue weighted by molar-refractivity contribution is 5.54. The van der Waals surface area contributed by atoms with Gasteiger partial charge in [-0.25, -0.2) is 0 Å². The molecular formula is C12H17N. The van der Waals surface area contributed by atoms with Gasteiger partial charge in [0, 0.05) is 6.54 Å². The number of likely N-dealkylation sites (N-methyl/N-ethyl adjacent to an activating group) is 1. The summed E-state index contributed by atoms with van der Waals surface area (Å²) >= 11 is 0. The molecule has 1 heteroatoms. The van der Waals surface area contributed by atoms with Gasteiger partial charge in [0.05, 0.1) is 0 Å². The predicted molar refractivity (Wildman–Crippen MR) is 58.9 cm³/mol. The molecule has 0 radical (unpaired) electrons. The van der Waals surface area contributed by atoms with Crippen LogP contribution in [0.3, 0.4) is 0 Å². The minimum absolute atomic E-state index is 0.924. The van der Waals surface area contributed by atoms with Crippen molar-refractivity contribution in [2.75, 3.05) is 13.6 Å². The quantitative estimate of drug-likeness (QED) is 0.744. The summed E-state index contributed by atoms with van der Waals surface area (Å²) in [7, 11) is 1.95. The summed E-state index contributed by atoms with van der Waals surface area (Å²) in [6.45, 7) is 5.18. The van der Waals surface area contributed by atoms with Gasteiger partial charge < -0.3 is 5.32 Å². The summed E-state index contributed by atoms with van der Waals surface area (Å²) in [5.74, 6) is 0. The lowest BCUT2D eigenvalue weighted by molar-refractivity contribution is 0.922. The first-order valence-corrected chi connectivity index (χ1v) is 4.62. The molecule has 0 bridgehead atoms. The number of benzene rings is 1. The third-order valence-electron chi connectivity index (χ3n) is 2.05. The average Bonchev–Trinajstić information content (AvgIpc) is 2.11. The van der Waals surface area contributed by atoms with E-state index in [9.17, 15) is 0 Å². The first kappa shape index (κ1) is 10.0. The van der Waals surface area contributed by atoms with Crippen LogP contribution in [-0.4, -0.2) is 13.6 Å². The monoisotopic (exact) mass is 175 g/mol. The zero-order valence-electron chi connectivity index (χ0n) is 8.59. The smallest absolute Gasteiger partial charge is 0.0135 e. The lowest BCUT2D eigenvalue weighted by Crippen LogP contribution is -2.03. The Morgan fingerprint density at radius 1 is 1.31 bits per heavy atom. The van der Waals surface area contributed by atoms with E-state index in [0.29, 0.717) is 0 Å². The average molecular weight is 175 g/mol. The molecule has 1 aromatic carbocycles. The van der Waals surface area contributed by atoms with Gasteiger partial charge in [-0.1, -0.05) is 35.9 Å². The Hall–Kier alpha value is -1.08. The van der Waals surface area contributed by atoms with E-state index in [1.165, 1.54) is 16.7 Å². The Labute approximate surface area is 80.5 Å². The van der Waals surface area contributed by atoms with Crippen molar-refractivity contribution in [1.82, 2.24) is 5.32 Å². The van der Waals surface area contributed by atoms with Gasteiger partial charge in [0.25, 0.3) is 0 Å². The molecule has 0 aliphatic carbocycles. The first-order chi connectivity index (χ1) is 6.24. The number of nitrogens with one attached hydrogen (secondary N) is 1. The highest BCUT2D eigenvalue weighted by atomic mass is 14.8. The topological polar surface area (TPSA) is 12.0 Å². The van der Waals surface area contributed by atoms with E-state index in [1.807, 2.05) is 7.05 Å². The van der Waals surface area contributed by atoms with Crippen molar-refractivity contribution >= 4 is 6.08 Å². The Kier molecular flexibility index (Phi) is 3.71. The third kappa shape index (κ3) is 3.03. The zero-order valence-corrected chi connectivity index (χ0v) is 8.59. The number of rotatable bonds is 3. The maximum absolute atomic E-state index is 3.09. The predicted octanol–water partition coefficient (Wildman–Crippen LogP) is 2.54. The second kappa shape index (κ2) is 4.83. The molecule has 0 aromatic heterocycles. The lowest BCUT2D eigenvalue weighted by Gasteiger charge is -2.01. The van der Waals surface area contributed by atoms with Gasteiger partial charge in [-0.2, -0.15) is 0 Å². The Balaban J connectivity index is 2.81. The molecule has 0 atom stereocenters. The largest absolute Gasteiger partial charge is 0.316 e. The fourth-order valence-corrected chi connectivity index (χ4v) is 1.24. The molecule has 1 N–H and O–H groups in total. The minimum atomic E-state index is 0.924. The molecule has 0 amide bonds. The minimum Gasteiger partial charge on any atom is -0.316 e. The van der Waals surface area contributed by atoms with Gasteiger partial charge in [0.2, 0.25) is 0 Å². The highest BCUT2D eigenvalue weighted by Crippen LogP contribution is 2.11. The summed E-state index contributed by atoms with van der Waals surface area (Å²) in [6, 6.07) is 6.51. The van der Waals surface area contributed by atoms with Crippen molar-refractivity contribution in [2.24, 2.45) is 0 Å². The van der Waals surface area contributed by atoms with E-state index in [4.69, 9.17) is 0 Å². The van der Waals surface area contributed by atoms with Crippen LogP contribution in [0, 0.1) is 13.8 Å². The molecule has 1 nitrogen and oxygen atoms in total. The Bertz CT molecular complexity index is 300. The number of hydrogen-bond acceptors (Lipinski definition) is 1. The van der Waals surface area contributed by atoms with Crippen molar-refractivity contribution in [3.05, 3.63) is 41.0 Å². The Morgan fingerprint density at radius 2 is 2.08 bits per heavy atom. The molecular weight excluding hydrogens is 158 g/mol. The summed E-state index contributed by atoms with van der Waals surface area (Å²) in [5, 5.41) is 3.09. The molecule has 0 fully saturated rings. The van der Waals surface area contributed by atoms with Crippen molar-refractivity contribution in [3.63, 3.8) is 0 Å². The van der Waals surface area contributed by atoms with Gasteiger partial charge in [-0.05, 0) is 32.0 Å². The van der Waals surface area contributed by atoms with E-state index in [1.54, 1.807) is 0 Å². The van der Waals surface area contributed by atoms with Crippen LogP contribution in [0.5, 0.6) is 0 Å². The van der Waals surface area contributed by atoms with Gasteiger partial charge >= 0.3 is 0 Å². The van der Waals surface area contributed by atoms with Crippen LogP contribution in [0.25, 0.3) is 6.08 Å². The molecule has 0 spiro atoms. The number of hydrogen-bond donors (Lipinski definition) is 1. The lowest BCUT2D eigenvalue weighted by atomic mass is 10.1. The van der Waals surface area contributed by atoms with Crippen LogP contribution in [0.1, 0.15) is 16.7 Å². The van der Waals surface area contributed by atoms with Crippen LogP contribution < -0.4 is 5.32 Å². The van der Waals surface area contributed by atoms with Crippen LogP contribution in [0.15, 0.2) is 24.3 Å². The Morgan fingerprint density at radius 3 is 2.77 bits per heavy atom. The van der Waals surface area contributed by atoms with E-state index in [-0.39, 0.29) is 0 Å². The normalized spacial score (nSPS) is 11.0. The van der Waals surface area contributed by atoms with Crippen molar-refractivity contribution in [1.29, 1.82) is 0 Å². The fourth-order valence-electron chi connectivity index (χ4n) is 1.24. The fraction of sp³-hybridized carbons (Fsp3) is 0.333. The van der Waals surface area contributed by atoms with Crippen molar-refractivity contribution < 1.29 is 0 Å². The summed E-state index contributed by atoms with van der Waals surface area (Å²) in [4.78, 5) is 0. The highest BCUT2D eigenvalue weighted by Gasteiger charge is 1.92. The van der Waals surface area contributed by atoms with Gasteiger partial charge in [-0.3, -0.25) is 0 Å². The van der Waals surface area contributed by atoms with E-state index in [0.717, 1.165) is 6.54 Å². The summed E-state index contributed by atoms with van der Waals surface area (Å²) < 4.78 is 0. The van der Waals surface area contributed by atoms with Crippen LogP contribution in [0.2, 0.25) is 0 Å². The number of aryl methyl sites for hydroxylation is 2. The molecule has 0 unspecified atom stereocenters. The maximum Gasteiger partial charge on any atom is 0.0135 e. The zero-order chi connectivity index (χ0) is 9.68. The van der Waals surface area contributed by atoms with E-state index >= 15 is 0 Å². The van der Waals surface area contributed by atoms with Gasteiger partial charge in [-0.15, -0.1) is 0 Å². The molecule has 0 saturated carbocycles. The standard InChI is InChI=1S/C12H17N/c1-10-6-7-11(2)12(9-10)5-4-8-13-3/h4-7,9,13H,8H2,1-3H3/b5-4-. The molecule has 0 heterocycles. The van der Waals surface area contributed by atoms with E-state index in [2.05, 4.69) is 49.5 Å². The van der Waals surface area contributed by atoms with Crippen LogP contribution in [-0.2, 0) is 0 Å². The third-order valence-corrected chi connectivity index (χ3v) is 2.05. The molecule has 0 aliphatic heterocycles. The van der Waals surface area contributed by atoms with Crippen molar-refractivity contribution in [2.45, 2.75) is 13.8 Å². The maximum atomic E-state index is 3.09. The summed E-state index contributed by atoms with van der Waals surface area (Å²) in [5.41, 5.74) is 3.96. The molecule has 1 rings (SSSR count). The molecule has 1 aromatic rings. The molecule has 0 aliphatic rings. The van der Waals surface area contributed by atoms with Crippen LogP contribution >= 0.6 is 0 Å². The second-order valence-corrected chi connectivity index (χ2v) is 3.32. The molecule has 0 saturated heterocycles. The van der Waals surface area contributed by atoms with E-state index < -0.39 is 0 Å². The van der Waals surface area contributed by atoms with Gasteiger partial charge in [0.15, 0.2) is 0 Å².